The molecular weight excluding hydrogens is 252 g/mol. The summed E-state index contributed by atoms with van der Waals surface area (Å²) in [5.74, 6) is 1.50. The molecule has 106 valence electrons. The number of aromatic nitrogens is 3. The third-order valence-electron chi connectivity index (χ3n) is 2.95. The number of aliphatic hydroxyl groups is 1. The van der Waals surface area contributed by atoms with Crippen LogP contribution in [-0.2, 0) is 6.42 Å². The van der Waals surface area contributed by atoms with Gasteiger partial charge < -0.3 is 10.4 Å². The summed E-state index contributed by atoms with van der Waals surface area (Å²) in [6, 6.07) is 5.75. The first-order valence-electron chi connectivity index (χ1n) is 6.89. The van der Waals surface area contributed by atoms with Crippen molar-refractivity contribution < 1.29 is 5.11 Å². The standard InChI is InChI=1S/C15H20N4O/c1-3-13-10-14(17-9-4-11(2)20)19-15(18-13)12-5-7-16-8-6-12/h5-8,10-11,20H,3-4,9H2,1-2H3,(H,17,18,19). The highest BCUT2D eigenvalue weighted by Crippen LogP contribution is 2.17. The number of nitrogens with one attached hydrogen (secondary N) is 1. The summed E-state index contributed by atoms with van der Waals surface area (Å²) in [5.41, 5.74) is 1.94. The molecule has 0 saturated heterocycles. The van der Waals surface area contributed by atoms with Gasteiger partial charge in [0, 0.05) is 36.3 Å². The molecule has 2 rings (SSSR count). The Labute approximate surface area is 119 Å². The number of anilines is 1. The van der Waals surface area contributed by atoms with Gasteiger partial charge >= 0.3 is 0 Å². The minimum absolute atomic E-state index is 0.311. The third kappa shape index (κ3) is 3.99. The minimum Gasteiger partial charge on any atom is -0.393 e. The van der Waals surface area contributed by atoms with Crippen molar-refractivity contribution in [3.63, 3.8) is 0 Å². The van der Waals surface area contributed by atoms with Crippen molar-refractivity contribution in [1.29, 1.82) is 0 Å². The van der Waals surface area contributed by atoms with Gasteiger partial charge in [-0.1, -0.05) is 6.92 Å². The summed E-state index contributed by atoms with van der Waals surface area (Å²) in [4.78, 5) is 13.1. The van der Waals surface area contributed by atoms with Crippen LogP contribution in [0.15, 0.2) is 30.6 Å². The molecule has 0 fully saturated rings. The lowest BCUT2D eigenvalue weighted by atomic mass is 10.2. The maximum Gasteiger partial charge on any atom is 0.161 e. The fraction of sp³-hybridized carbons (Fsp3) is 0.400. The van der Waals surface area contributed by atoms with Gasteiger partial charge in [0.25, 0.3) is 0 Å². The molecule has 2 heterocycles. The van der Waals surface area contributed by atoms with Gasteiger partial charge in [-0.25, -0.2) is 9.97 Å². The Morgan fingerprint density at radius 2 is 2.00 bits per heavy atom. The lowest BCUT2D eigenvalue weighted by Gasteiger charge is -2.10. The highest BCUT2D eigenvalue weighted by Gasteiger charge is 2.06. The van der Waals surface area contributed by atoms with Gasteiger partial charge in [-0.2, -0.15) is 0 Å². The quantitative estimate of drug-likeness (QED) is 0.844. The molecule has 0 radical (unpaired) electrons. The average Bonchev–Trinajstić information content (AvgIpc) is 2.47. The first-order valence-corrected chi connectivity index (χ1v) is 6.89. The van der Waals surface area contributed by atoms with Crippen molar-refractivity contribution in [2.75, 3.05) is 11.9 Å². The molecule has 0 spiro atoms. The highest BCUT2D eigenvalue weighted by molar-refractivity contribution is 5.56. The van der Waals surface area contributed by atoms with Gasteiger partial charge in [-0.15, -0.1) is 0 Å². The summed E-state index contributed by atoms with van der Waals surface area (Å²) in [6.07, 6.45) is 4.70. The SMILES string of the molecule is CCc1cc(NCCC(C)O)nc(-c2ccncc2)n1. The maximum atomic E-state index is 9.28. The monoisotopic (exact) mass is 272 g/mol. The predicted octanol–water partition coefficient (Wildman–Crippen LogP) is 2.28. The summed E-state index contributed by atoms with van der Waals surface area (Å²) >= 11 is 0. The first-order chi connectivity index (χ1) is 9.69. The molecule has 0 saturated carbocycles. The van der Waals surface area contributed by atoms with E-state index in [4.69, 9.17) is 0 Å². The molecule has 0 aliphatic rings. The maximum absolute atomic E-state index is 9.28. The number of aryl methyl sites for hydroxylation is 1. The number of rotatable bonds is 6. The highest BCUT2D eigenvalue weighted by atomic mass is 16.3. The Kier molecular flexibility index (Phi) is 5.01. The Balaban J connectivity index is 2.20. The molecule has 1 atom stereocenters. The lowest BCUT2D eigenvalue weighted by Crippen LogP contribution is -2.11. The van der Waals surface area contributed by atoms with Crippen molar-refractivity contribution >= 4 is 5.82 Å². The van der Waals surface area contributed by atoms with E-state index >= 15 is 0 Å². The second-order valence-electron chi connectivity index (χ2n) is 4.72. The van der Waals surface area contributed by atoms with Crippen LogP contribution in [0.25, 0.3) is 11.4 Å². The van der Waals surface area contributed by atoms with Gasteiger partial charge in [-0.3, -0.25) is 4.98 Å². The molecule has 0 aliphatic heterocycles. The zero-order chi connectivity index (χ0) is 14.4. The summed E-state index contributed by atoms with van der Waals surface area (Å²) < 4.78 is 0. The molecule has 1 unspecified atom stereocenters. The van der Waals surface area contributed by atoms with E-state index in [0.29, 0.717) is 18.8 Å². The van der Waals surface area contributed by atoms with E-state index in [0.717, 1.165) is 23.5 Å². The fourth-order valence-corrected chi connectivity index (χ4v) is 1.81. The van der Waals surface area contributed by atoms with E-state index in [1.165, 1.54) is 0 Å². The number of pyridine rings is 1. The van der Waals surface area contributed by atoms with Crippen LogP contribution in [0.4, 0.5) is 5.82 Å². The molecule has 5 nitrogen and oxygen atoms in total. The van der Waals surface area contributed by atoms with Crippen molar-refractivity contribution in [2.45, 2.75) is 32.8 Å². The molecule has 2 aromatic heterocycles. The van der Waals surface area contributed by atoms with Gasteiger partial charge in [0.15, 0.2) is 5.82 Å². The van der Waals surface area contributed by atoms with Crippen LogP contribution in [-0.4, -0.2) is 32.7 Å². The minimum atomic E-state index is -0.311. The smallest absolute Gasteiger partial charge is 0.161 e. The molecule has 2 N–H and O–H groups in total. The lowest BCUT2D eigenvalue weighted by molar-refractivity contribution is 0.188. The van der Waals surface area contributed by atoms with Crippen LogP contribution in [0.3, 0.4) is 0 Å². The zero-order valence-corrected chi connectivity index (χ0v) is 11.9. The largest absolute Gasteiger partial charge is 0.393 e. The Bertz CT molecular complexity index is 543. The van der Waals surface area contributed by atoms with Gasteiger partial charge in [0.2, 0.25) is 0 Å². The van der Waals surface area contributed by atoms with E-state index in [-0.39, 0.29) is 6.10 Å². The Morgan fingerprint density at radius 1 is 1.25 bits per heavy atom. The molecular formula is C15H20N4O. The first kappa shape index (κ1) is 14.4. The summed E-state index contributed by atoms with van der Waals surface area (Å²) in [6.45, 7) is 4.54. The Morgan fingerprint density at radius 3 is 2.65 bits per heavy atom. The van der Waals surface area contributed by atoms with Crippen molar-refractivity contribution in [1.82, 2.24) is 15.0 Å². The van der Waals surface area contributed by atoms with E-state index in [2.05, 4.69) is 27.2 Å². The number of aliphatic hydroxyl groups excluding tert-OH is 1. The molecule has 0 bridgehead atoms. The van der Waals surface area contributed by atoms with Gasteiger partial charge in [0.05, 0.1) is 6.10 Å². The van der Waals surface area contributed by atoms with Crippen LogP contribution >= 0.6 is 0 Å². The number of hydrogen-bond acceptors (Lipinski definition) is 5. The number of nitrogens with zero attached hydrogens (tertiary/aromatic N) is 3. The third-order valence-corrected chi connectivity index (χ3v) is 2.95. The van der Waals surface area contributed by atoms with Crippen LogP contribution in [0.5, 0.6) is 0 Å². The van der Waals surface area contributed by atoms with Crippen molar-refractivity contribution in [3.05, 3.63) is 36.3 Å². The van der Waals surface area contributed by atoms with E-state index < -0.39 is 0 Å². The van der Waals surface area contributed by atoms with E-state index in [9.17, 15) is 5.11 Å². The predicted molar refractivity (Wildman–Crippen MR) is 79.4 cm³/mol. The average molecular weight is 272 g/mol. The van der Waals surface area contributed by atoms with Crippen LogP contribution < -0.4 is 5.32 Å². The summed E-state index contributed by atoms with van der Waals surface area (Å²) in [5, 5.41) is 12.5. The second-order valence-corrected chi connectivity index (χ2v) is 4.72. The molecule has 0 amide bonds. The molecule has 20 heavy (non-hydrogen) atoms. The van der Waals surface area contributed by atoms with E-state index in [1.54, 1.807) is 19.3 Å². The molecule has 0 aromatic carbocycles. The van der Waals surface area contributed by atoms with Crippen LogP contribution in [0.1, 0.15) is 26.0 Å². The zero-order valence-electron chi connectivity index (χ0n) is 11.9. The van der Waals surface area contributed by atoms with Crippen molar-refractivity contribution in [2.24, 2.45) is 0 Å². The molecule has 5 heteroatoms. The fourth-order valence-electron chi connectivity index (χ4n) is 1.81. The van der Waals surface area contributed by atoms with E-state index in [1.807, 2.05) is 18.2 Å². The van der Waals surface area contributed by atoms with Crippen molar-refractivity contribution in [3.8, 4) is 11.4 Å². The van der Waals surface area contributed by atoms with Gasteiger partial charge in [-0.05, 0) is 31.9 Å². The Hall–Kier alpha value is -2.01. The second kappa shape index (κ2) is 6.96. The summed E-state index contributed by atoms with van der Waals surface area (Å²) in [7, 11) is 0. The normalized spacial score (nSPS) is 12.2. The number of hydrogen-bond donors (Lipinski definition) is 2. The molecule has 2 aromatic rings. The van der Waals surface area contributed by atoms with Gasteiger partial charge in [0.1, 0.15) is 5.82 Å². The van der Waals surface area contributed by atoms with Crippen LogP contribution in [0.2, 0.25) is 0 Å². The van der Waals surface area contributed by atoms with Crippen LogP contribution in [0, 0.1) is 0 Å². The molecule has 0 aliphatic carbocycles. The topological polar surface area (TPSA) is 70.9 Å².